The predicted octanol–water partition coefficient (Wildman–Crippen LogP) is 2.49. The van der Waals surface area contributed by atoms with Gasteiger partial charge in [-0.15, -0.1) is 0 Å². The molecule has 1 aliphatic heterocycles. The van der Waals surface area contributed by atoms with Crippen LogP contribution in [0.3, 0.4) is 0 Å². The van der Waals surface area contributed by atoms with Gasteiger partial charge >= 0.3 is 10.2 Å². The van der Waals surface area contributed by atoms with E-state index in [4.69, 9.17) is 11.6 Å². The molecule has 0 saturated carbocycles. The third-order valence-corrected chi connectivity index (χ3v) is 6.76. The molecule has 0 atom stereocenters. The number of benzene rings is 1. The fourth-order valence-electron chi connectivity index (χ4n) is 3.33. The number of carbonyl (C=O) groups excluding carboxylic acids is 1. The number of fused-ring (bicyclic) bond motifs is 1. The highest BCUT2D eigenvalue weighted by molar-refractivity contribution is 7.90. The van der Waals surface area contributed by atoms with E-state index >= 15 is 4.39 Å². The number of anilines is 1. The maximum Gasteiger partial charge on any atom is 0.301 e. The lowest BCUT2D eigenvalue weighted by molar-refractivity contribution is 0.103. The SMILES string of the molecule is CN1CCN(S(=O)(=O)Nc2cccc(C(=O)c3c[nH]c4ncc(Cl)cc34)c2F)CC1. The fraction of sp³-hybridized carbons (Fsp3) is 0.263. The number of hydrogen-bond acceptors (Lipinski definition) is 5. The number of nitrogens with one attached hydrogen (secondary N) is 2. The maximum atomic E-state index is 15.1. The molecule has 0 bridgehead atoms. The number of H-pyrrole nitrogens is 1. The van der Waals surface area contributed by atoms with Gasteiger partial charge in [0.25, 0.3) is 0 Å². The van der Waals surface area contributed by atoms with Crippen LogP contribution in [0, 0.1) is 5.82 Å². The zero-order chi connectivity index (χ0) is 21.5. The lowest BCUT2D eigenvalue weighted by Crippen LogP contribution is -2.48. The van der Waals surface area contributed by atoms with Gasteiger partial charge in [0.05, 0.1) is 16.3 Å². The highest BCUT2D eigenvalue weighted by atomic mass is 35.5. The Morgan fingerprint density at radius 1 is 1.23 bits per heavy atom. The molecule has 3 aromatic rings. The summed E-state index contributed by atoms with van der Waals surface area (Å²) >= 11 is 5.96. The molecule has 2 N–H and O–H groups in total. The Morgan fingerprint density at radius 3 is 2.70 bits per heavy atom. The van der Waals surface area contributed by atoms with Gasteiger partial charge in [0.2, 0.25) is 0 Å². The number of carbonyl (C=O) groups is 1. The van der Waals surface area contributed by atoms with Crippen molar-refractivity contribution in [1.29, 1.82) is 0 Å². The highest BCUT2D eigenvalue weighted by Gasteiger charge is 2.28. The summed E-state index contributed by atoms with van der Waals surface area (Å²) < 4.78 is 44.0. The number of hydrogen-bond donors (Lipinski definition) is 2. The van der Waals surface area contributed by atoms with Gasteiger partial charge in [0.1, 0.15) is 5.65 Å². The number of piperazine rings is 1. The summed E-state index contributed by atoms with van der Waals surface area (Å²) in [4.78, 5) is 21.9. The summed E-state index contributed by atoms with van der Waals surface area (Å²) in [6.07, 6.45) is 2.86. The van der Waals surface area contributed by atoms with Gasteiger partial charge < -0.3 is 9.88 Å². The molecule has 11 heteroatoms. The Hall–Kier alpha value is -2.53. The minimum Gasteiger partial charge on any atom is -0.345 e. The second-order valence-electron chi connectivity index (χ2n) is 7.06. The van der Waals surface area contributed by atoms with Gasteiger partial charge in [0, 0.05) is 49.5 Å². The number of nitrogens with zero attached hydrogens (tertiary/aromatic N) is 3. The smallest absolute Gasteiger partial charge is 0.301 e. The lowest BCUT2D eigenvalue weighted by atomic mass is 10.0. The summed E-state index contributed by atoms with van der Waals surface area (Å²) in [5.41, 5.74) is 0.0956. The number of aromatic amines is 1. The molecule has 8 nitrogen and oxygen atoms in total. The first-order chi connectivity index (χ1) is 14.3. The number of aromatic nitrogens is 2. The van der Waals surface area contributed by atoms with Gasteiger partial charge in [-0.05, 0) is 25.2 Å². The van der Waals surface area contributed by atoms with E-state index in [2.05, 4.69) is 14.7 Å². The molecule has 1 aliphatic rings. The molecule has 1 aromatic carbocycles. The molecule has 0 unspecified atom stereocenters. The van der Waals surface area contributed by atoms with E-state index in [0.29, 0.717) is 42.2 Å². The van der Waals surface area contributed by atoms with Crippen LogP contribution in [0.15, 0.2) is 36.7 Å². The van der Waals surface area contributed by atoms with Crippen molar-refractivity contribution in [1.82, 2.24) is 19.2 Å². The van der Waals surface area contributed by atoms with Crippen LogP contribution in [-0.4, -0.2) is 66.6 Å². The molecule has 1 saturated heterocycles. The average molecular weight is 452 g/mol. The zero-order valence-corrected chi connectivity index (χ0v) is 17.6. The van der Waals surface area contributed by atoms with Crippen LogP contribution in [0.2, 0.25) is 5.02 Å². The van der Waals surface area contributed by atoms with Crippen LogP contribution >= 0.6 is 11.6 Å². The van der Waals surface area contributed by atoms with Crippen molar-refractivity contribution in [3.8, 4) is 0 Å². The quantitative estimate of drug-likeness (QED) is 0.581. The molecule has 158 valence electrons. The average Bonchev–Trinajstić information content (AvgIpc) is 3.12. The van der Waals surface area contributed by atoms with Crippen molar-refractivity contribution < 1.29 is 17.6 Å². The Balaban J connectivity index is 1.64. The van der Waals surface area contributed by atoms with Crippen molar-refractivity contribution in [2.45, 2.75) is 0 Å². The van der Waals surface area contributed by atoms with Crippen LogP contribution < -0.4 is 4.72 Å². The fourth-order valence-corrected chi connectivity index (χ4v) is 4.70. The van der Waals surface area contributed by atoms with Crippen molar-refractivity contribution in [2.75, 3.05) is 37.9 Å². The second-order valence-corrected chi connectivity index (χ2v) is 9.16. The van der Waals surface area contributed by atoms with Crippen molar-refractivity contribution in [3.05, 3.63) is 58.6 Å². The van der Waals surface area contributed by atoms with Gasteiger partial charge in [-0.1, -0.05) is 17.7 Å². The van der Waals surface area contributed by atoms with Crippen LogP contribution in [-0.2, 0) is 10.2 Å². The highest BCUT2D eigenvalue weighted by Crippen LogP contribution is 2.26. The van der Waals surface area contributed by atoms with E-state index in [1.54, 1.807) is 6.07 Å². The summed E-state index contributed by atoms with van der Waals surface area (Å²) in [6, 6.07) is 5.58. The van der Waals surface area contributed by atoms with E-state index in [1.165, 1.54) is 34.9 Å². The summed E-state index contributed by atoms with van der Waals surface area (Å²) in [5.74, 6) is -1.55. The van der Waals surface area contributed by atoms with Gasteiger partial charge in [-0.2, -0.15) is 12.7 Å². The molecule has 30 heavy (non-hydrogen) atoms. The van der Waals surface area contributed by atoms with E-state index < -0.39 is 21.8 Å². The normalized spacial score (nSPS) is 16.1. The van der Waals surface area contributed by atoms with Gasteiger partial charge in [-0.25, -0.2) is 9.37 Å². The third-order valence-electron chi connectivity index (χ3n) is 5.03. The molecule has 3 heterocycles. The Kier molecular flexibility index (Phi) is 5.49. The van der Waals surface area contributed by atoms with Crippen LogP contribution in [0.25, 0.3) is 11.0 Å². The monoisotopic (exact) mass is 451 g/mol. The zero-order valence-electron chi connectivity index (χ0n) is 16.0. The largest absolute Gasteiger partial charge is 0.345 e. The molecule has 2 aromatic heterocycles. The number of likely N-dealkylation sites (N-methyl/N-ethyl adjacent to an activating group) is 1. The molecule has 0 amide bonds. The molecule has 1 fully saturated rings. The molecule has 4 rings (SSSR count). The minimum absolute atomic E-state index is 0.193. The standard InChI is InChI=1S/C19H19ClFN5O3S/c1-25-5-7-26(8-6-25)30(28,29)24-16-4-2-3-13(17(16)21)18(27)15-11-23-19-14(15)9-12(20)10-22-19/h2-4,9-11,24H,5-8H2,1H3,(H,22,23). The molecular weight excluding hydrogens is 433 g/mol. The van der Waals surface area contributed by atoms with Crippen LogP contribution in [0.5, 0.6) is 0 Å². The molecule has 0 radical (unpaired) electrons. The molecular formula is C19H19ClFN5O3S. The summed E-state index contributed by atoms with van der Waals surface area (Å²) in [7, 11) is -2.04. The first-order valence-corrected chi connectivity index (χ1v) is 11.0. The van der Waals surface area contributed by atoms with Crippen molar-refractivity contribution >= 4 is 44.3 Å². The first-order valence-electron chi connectivity index (χ1n) is 9.18. The number of ketones is 1. The molecule has 0 aliphatic carbocycles. The van der Waals surface area contributed by atoms with Crippen molar-refractivity contribution in [2.24, 2.45) is 0 Å². The van der Waals surface area contributed by atoms with Crippen LogP contribution in [0.4, 0.5) is 10.1 Å². The maximum absolute atomic E-state index is 15.1. The second kappa shape index (κ2) is 7.95. The lowest BCUT2D eigenvalue weighted by Gasteiger charge is -2.31. The van der Waals surface area contributed by atoms with E-state index in [1.807, 2.05) is 11.9 Å². The first kappa shape index (κ1) is 20.7. The summed E-state index contributed by atoms with van der Waals surface area (Å²) in [6.45, 7) is 1.77. The van der Waals surface area contributed by atoms with Crippen LogP contribution in [0.1, 0.15) is 15.9 Å². The topological polar surface area (TPSA) is 98.4 Å². The minimum atomic E-state index is -3.95. The number of rotatable bonds is 5. The van der Waals surface area contributed by atoms with Gasteiger partial charge in [0.15, 0.2) is 11.6 Å². The van der Waals surface area contributed by atoms with Gasteiger partial charge in [-0.3, -0.25) is 9.52 Å². The van der Waals surface area contributed by atoms with E-state index in [9.17, 15) is 13.2 Å². The van der Waals surface area contributed by atoms with Crippen molar-refractivity contribution in [3.63, 3.8) is 0 Å². The Bertz CT molecular complexity index is 1220. The number of halogens is 2. The Labute approximate surface area is 177 Å². The van der Waals surface area contributed by atoms with E-state index in [0.717, 1.165) is 0 Å². The van der Waals surface area contributed by atoms with E-state index in [-0.39, 0.29) is 16.8 Å². The third kappa shape index (κ3) is 3.91. The predicted molar refractivity (Wildman–Crippen MR) is 113 cm³/mol. The number of pyridine rings is 1. The molecule has 0 spiro atoms. The summed E-state index contributed by atoms with van der Waals surface area (Å²) in [5, 5.41) is 0.792. The Morgan fingerprint density at radius 2 is 1.97 bits per heavy atom.